The van der Waals surface area contributed by atoms with Gasteiger partial charge >= 0.3 is 11.7 Å². The molecular formula is C18H19ClFN3O6. The first kappa shape index (κ1) is 20.8. The van der Waals surface area contributed by atoms with Crippen molar-refractivity contribution in [3.63, 3.8) is 0 Å². The summed E-state index contributed by atoms with van der Waals surface area (Å²) in [5.41, 5.74) is -1.55. The van der Waals surface area contributed by atoms with Crippen LogP contribution in [0.15, 0.2) is 16.9 Å². The number of ether oxygens (including phenoxy) is 2. The fourth-order valence-corrected chi connectivity index (χ4v) is 3.58. The maximum atomic E-state index is 14.9. The van der Waals surface area contributed by atoms with Gasteiger partial charge in [0.1, 0.15) is 11.0 Å². The molecule has 0 radical (unpaired) electrons. The van der Waals surface area contributed by atoms with Crippen LogP contribution in [-0.2, 0) is 22.6 Å². The van der Waals surface area contributed by atoms with Gasteiger partial charge in [0.2, 0.25) is 5.75 Å². The number of nitrogens with zero attached hydrogens (tertiary/aromatic N) is 3. The van der Waals surface area contributed by atoms with Gasteiger partial charge in [0.25, 0.3) is 5.56 Å². The molecule has 0 saturated carbocycles. The highest BCUT2D eigenvalue weighted by atomic mass is 35.5. The van der Waals surface area contributed by atoms with E-state index in [1.807, 2.05) is 0 Å². The molecule has 3 rings (SSSR count). The topological polar surface area (TPSA) is 106 Å². The van der Waals surface area contributed by atoms with Gasteiger partial charge in [-0.25, -0.2) is 13.9 Å². The van der Waals surface area contributed by atoms with Gasteiger partial charge in [-0.1, -0.05) is 11.6 Å². The Morgan fingerprint density at radius 3 is 2.59 bits per heavy atom. The minimum absolute atomic E-state index is 0.0245. The van der Waals surface area contributed by atoms with E-state index in [0.29, 0.717) is 13.1 Å². The number of nitro benzene ring substituents is 1. The van der Waals surface area contributed by atoms with E-state index in [4.69, 9.17) is 21.1 Å². The van der Waals surface area contributed by atoms with Gasteiger partial charge in [-0.15, -0.1) is 0 Å². The summed E-state index contributed by atoms with van der Waals surface area (Å²) < 4.78 is 27.9. The molecule has 1 aliphatic rings. The van der Waals surface area contributed by atoms with Crippen molar-refractivity contribution < 1.29 is 23.6 Å². The van der Waals surface area contributed by atoms with Crippen molar-refractivity contribution in [2.75, 3.05) is 6.61 Å². The minimum Gasteiger partial charge on any atom is -0.472 e. The maximum Gasteiger partial charge on any atom is 0.347 e. The molecule has 1 aliphatic heterocycles. The van der Waals surface area contributed by atoms with E-state index in [1.54, 1.807) is 11.6 Å². The van der Waals surface area contributed by atoms with E-state index < -0.39 is 39.8 Å². The molecule has 0 saturated heterocycles. The first-order valence-corrected chi connectivity index (χ1v) is 9.44. The minimum atomic E-state index is -1.19. The van der Waals surface area contributed by atoms with Crippen molar-refractivity contribution in [2.24, 2.45) is 0 Å². The quantitative estimate of drug-likeness (QED) is 0.398. The Hall–Kier alpha value is -2.88. The van der Waals surface area contributed by atoms with E-state index in [-0.39, 0.29) is 22.9 Å². The second-order valence-corrected chi connectivity index (χ2v) is 6.85. The molecule has 9 nitrogen and oxygen atoms in total. The van der Waals surface area contributed by atoms with Crippen LogP contribution < -0.4 is 10.3 Å². The molecule has 0 amide bonds. The number of halogens is 2. The van der Waals surface area contributed by atoms with Gasteiger partial charge in [-0.2, -0.15) is 0 Å². The van der Waals surface area contributed by atoms with Crippen LogP contribution >= 0.6 is 11.6 Å². The third-order valence-electron chi connectivity index (χ3n) is 4.60. The third kappa shape index (κ3) is 3.84. The van der Waals surface area contributed by atoms with Crippen LogP contribution in [-0.4, -0.2) is 33.0 Å². The summed E-state index contributed by atoms with van der Waals surface area (Å²) in [6.45, 7) is 3.96. The number of fused-ring (bicyclic) bond motifs is 1. The Morgan fingerprint density at radius 2 is 2.00 bits per heavy atom. The molecule has 11 heteroatoms. The molecule has 2 aromatic rings. The monoisotopic (exact) mass is 427 g/mol. The number of aromatic nitrogens is 2. The second kappa shape index (κ2) is 8.24. The average molecular weight is 428 g/mol. The lowest BCUT2D eigenvalue weighted by atomic mass is 10.1. The van der Waals surface area contributed by atoms with Crippen molar-refractivity contribution in [2.45, 2.75) is 45.9 Å². The van der Waals surface area contributed by atoms with E-state index in [1.165, 1.54) is 11.6 Å². The Kier molecular flexibility index (Phi) is 5.92. The Labute approximate surface area is 169 Å². The standard InChI is InChI=1S/C18H19ClFN3O6/c1-3-28-18(25)10(2)29-14-9-12(20)11(8-13(14)23(26)27)15-16(19)21-6-4-5-7-22(21)17(15)24/h8-10H,3-7H2,1-2H3. The first-order chi connectivity index (χ1) is 13.8. The number of hydrogen-bond acceptors (Lipinski definition) is 6. The molecule has 0 fully saturated rings. The third-order valence-corrected chi connectivity index (χ3v) is 4.98. The lowest BCUT2D eigenvalue weighted by molar-refractivity contribution is -0.386. The van der Waals surface area contributed by atoms with E-state index in [0.717, 1.165) is 25.0 Å². The molecule has 29 heavy (non-hydrogen) atoms. The van der Waals surface area contributed by atoms with Gasteiger partial charge < -0.3 is 9.47 Å². The predicted octanol–water partition coefficient (Wildman–Crippen LogP) is 3.14. The molecule has 156 valence electrons. The van der Waals surface area contributed by atoms with Gasteiger partial charge in [0.05, 0.1) is 17.1 Å². The van der Waals surface area contributed by atoms with Crippen LogP contribution in [0, 0.1) is 15.9 Å². The van der Waals surface area contributed by atoms with Crippen LogP contribution in [0.2, 0.25) is 5.15 Å². The molecule has 1 atom stereocenters. The summed E-state index contributed by atoms with van der Waals surface area (Å²) in [7, 11) is 0. The summed E-state index contributed by atoms with van der Waals surface area (Å²) in [6, 6.07) is 1.68. The molecule has 1 aromatic heterocycles. The number of hydrogen-bond donors (Lipinski definition) is 0. The van der Waals surface area contributed by atoms with Crippen molar-refractivity contribution in [1.29, 1.82) is 0 Å². The van der Waals surface area contributed by atoms with Crippen molar-refractivity contribution in [3.05, 3.63) is 43.6 Å². The Balaban J connectivity index is 2.08. The fourth-order valence-electron chi connectivity index (χ4n) is 3.22. The molecule has 2 heterocycles. The second-order valence-electron chi connectivity index (χ2n) is 6.49. The summed E-state index contributed by atoms with van der Waals surface area (Å²) in [6.07, 6.45) is 0.407. The number of benzene rings is 1. The lowest BCUT2D eigenvalue weighted by Crippen LogP contribution is -2.27. The van der Waals surface area contributed by atoms with Gasteiger partial charge in [-0.05, 0) is 26.7 Å². The zero-order valence-corrected chi connectivity index (χ0v) is 16.6. The molecule has 0 aliphatic carbocycles. The van der Waals surface area contributed by atoms with Crippen LogP contribution in [0.5, 0.6) is 5.75 Å². The van der Waals surface area contributed by atoms with Gasteiger partial charge in [0.15, 0.2) is 6.10 Å². The SMILES string of the molecule is CCOC(=O)C(C)Oc1cc(F)c(-c2c(Cl)n3n(c2=O)CCCC3)cc1[N+](=O)[O-]. The molecule has 0 N–H and O–H groups in total. The fraction of sp³-hybridized carbons (Fsp3) is 0.444. The molecule has 0 spiro atoms. The Morgan fingerprint density at radius 1 is 1.34 bits per heavy atom. The van der Waals surface area contributed by atoms with Gasteiger partial charge in [-0.3, -0.25) is 19.6 Å². The highest BCUT2D eigenvalue weighted by Crippen LogP contribution is 2.37. The number of esters is 1. The molecule has 1 aromatic carbocycles. The lowest BCUT2D eigenvalue weighted by Gasteiger charge is -2.17. The smallest absolute Gasteiger partial charge is 0.347 e. The summed E-state index contributed by atoms with van der Waals surface area (Å²) in [4.78, 5) is 35.2. The number of carbonyl (C=O) groups excluding carboxylic acids is 1. The number of carbonyl (C=O) groups is 1. The van der Waals surface area contributed by atoms with Crippen LogP contribution in [0.4, 0.5) is 10.1 Å². The van der Waals surface area contributed by atoms with E-state index in [9.17, 15) is 24.1 Å². The van der Waals surface area contributed by atoms with Crippen molar-refractivity contribution in [1.82, 2.24) is 9.36 Å². The predicted molar refractivity (Wildman–Crippen MR) is 102 cm³/mol. The summed E-state index contributed by atoms with van der Waals surface area (Å²) in [5, 5.41) is 11.5. The summed E-state index contributed by atoms with van der Waals surface area (Å²) >= 11 is 6.30. The highest BCUT2D eigenvalue weighted by molar-refractivity contribution is 6.32. The number of nitro groups is 1. The first-order valence-electron chi connectivity index (χ1n) is 9.07. The van der Waals surface area contributed by atoms with Gasteiger partial charge in [0, 0.05) is 30.8 Å². The normalized spacial score (nSPS) is 14.2. The molecule has 0 bridgehead atoms. The van der Waals surface area contributed by atoms with Crippen molar-refractivity contribution in [3.8, 4) is 16.9 Å². The number of rotatable bonds is 6. The zero-order chi connectivity index (χ0) is 21.3. The Bertz CT molecular complexity index is 1030. The van der Waals surface area contributed by atoms with Crippen molar-refractivity contribution >= 4 is 23.3 Å². The largest absolute Gasteiger partial charge is 0.472 e. The van der Waals surface area contributed by atoms with E-state index >= 15 is 0 Å². The average Bonchev–Trinajstić information content (AvgIpc) is 2.93. The zero-order valence-electron chi connectivity index (χ0n) is 15.8. The summed E-state index contributed by atoms with van der Waals surface area (Å²) in [5.74, 6) is -2.12. The van der Waals surface area contributed by atoms with Crippen LogP contribution in [0.1, 0.15) is 26.7 Å². The van der Waals surface area contributed by atoms with Crippen LogP contribution in [0.25, 0.3) is 11.1 Å². The van der Waals surface area contributed by atoms with Crippen LogP contribution in [0.3, 0.4) is 0 Å². The highest BCUT2D eigenvalue weighted by Gasteiger charge is 2.29. The molecule has 1 unspecified atom stereocenters. The maximum absolute atomic E-state index is 14.9. The molecular weight excluding hydrogens is 409 g/mol. The van der Waals surface area contributed by atoms with E-state index in [2.05, 4.69) is 0 Å².